The number of fused-ring (bicyclic) bond motifs is 2. The number of methoxy groups -OCH3 is 1. The van der Waals surface area contributed by atoms with Crippen LogP contribution in [-0.2, 0) is 13.1 Å². The van der Waals surface area contributed by atoms with Gasteiger partial charge in [-0.25, -0.2) is 9.97 Å². The molecule has 7 nitrogen and oxygen atoms in total. The van der Waals surface area contributed by atoms with E-state index in [0.29, 0.717) is 24.3 Å². The van der Waals surface area contributed by atoms with Crippen molar-refractivity contribution in [3.63, 3.8) is 0 Å². The van der Waals surface area contributed by atoms with E-state index in [2.05, 4.69) is 37.7 Å². The molecule has 0 spiro atoms. The first kappa shape index (κ1) is 19.1. The fourth-order valence-corrected chi connectivity index (χ4v) is 4.04. The van der Waals surface area contributed by atoms with Gasteiger partial charge in [0.15, 0.2) is 5.65 Å². The maximum Gasteiger partial charge on any atom is 0.274 e. The molecule has 31 heavy (non-hydrogen) atoms. The van der Waals surface area contributed by atoms with E-state index in [1.807, 2.05) is 44.4 Å². The smallest absolute Gasteiger partial charge is 0.274 e. The first-order chi connectivity index (χ1) is 15.1. The molecule has 4 aromatic heterocycles. The minimum absolute atomic E-state index is 0.0133. The van der Waals surface area contributed by atoms with Gasteiger partial charge in [-0.15, -0.1) is 0 Å². The quantitative estimate of drug-likeness (QED) is 0.470. The molecule has 4 heterocycles. The Kier molecular flexibility index (Phi) is 4.58. The summed E-state index contributed by atoms with van der Waals surface area (Å²) in [6.07, 6.45) is 5.55. The highest BCUT2D eigenvalue weighted by atomic mass is 16.5. The summed E-state index contributed by atoms with van der Waals surface area (Å²) in [5.41, 5.74) is 5.36. The molecule has 7 heteroatoms. The third-order valence-electron chi connectivity index (χ3n) is 5.74. The van der Waals surface area contributed by atoms with Crippen molar-refractivity contribution in [3.05, 3.63) is 76.7 Å². The van der Waals surface area contributed by atoms with Crippen molar-refractivity contribution in [3.8, 4) is 16.9 Å². The van der Waals surface area contributed by atoms with E-state index in [0.717, 1.165) is 39.2 Å². The molecule has 0 saturated heterocycles. The van der Waals surface area contributed by atoms with Gasteiger partial charge in [0.1, 0.15) is 17.1 Å². The largest absolute Gasteiger partial charge is 0.497 e. The summed E-state index contributed by atoms with van der Waals surface area (Å²) in [6, 6.07) is 12.1. The van der Waals surface area contributed by atoms with Crippen LogP contribution >= 0.6 is 0 Å². The number of aryl methyl sites for hydroxylation is 2. The lowest BCUT2D eigenvalue weighted by Gasteiger charge is -2.11. The predicted molar refractivity (Wildman–Crippen MR) is 122 cm³/mol. The van der Waals surface area contributed by atoms with Gasteiger partial charge in [0, 0.05) is 48.2 Å². The molecule has 0 amide bonds. The lowest BCUT2D eigenvalue weighted by atomic mass is 10.1. The number of aromatic amines is 1. The van der Waals surface area contributed by atoms with Gasteiger partial charge in [0.25, 0.3) is 5.56 Å². The van der Waals surface area contributed by atoms with Gasteiger partial charge in [-0.1, -0.05) is 12.1 Å². The monoisotopic (exact) mass is 413 g/mol. The first-order valence-corrected chi connectivity index (χ1v) is 10.3. The average molecular weight is 413 g/mol. The highest BCUT2D eigenvalue weighted by Gasteiger charge is 2.15. The van der Waals surface area contributed by atoms with E-state index >= 15 is 0 Å². The topological polar surface area (TPSA) is 77.7 Å². The van der Waals surface area contributed by atoms with E-state index in [-0.39, 0.29) is 5.56 Å². The number of rotatable bonds is 5. The molecule has 5 aromatic rings. The number of hydrogen-bond donors (Lipinski definition) is 1. The van der Waals surface area contributed by atoms with E-state index < -0.39 is 0 Å². The minimum atomic E-state index is -0.0133. The Morgan fingerprint density at radius 2 is 1.97 bits per heavy atom. The van der Waals surface area contributed by atoms with Gasteiger partial charge in [-0.3, -0.25) is 4.79 Å². The van der Waals surface area contributed by atoms with Crippen LogP contribution < -0.4 is 10.3 Å². The summed E-state index contributed by atoms with van der Waals surface area (Å²) in [4.78, 5) is 25.0. The summed E-state index contributed by atoms with van der Waals surface area (Å²) >= 11 is 0. The Labute approximate surface area is 179 Å². The first-order valence-electron chi connectivity index (χ1n) is 10.3. The normalized spacial score (nSPS) is 11.5. The second-order valence-corrected chi connectivity index (χ2v) is 7.56. The van der Waals surface area contributed by atoms with Crippen LogP contribution in [0.3, 0.4) is 0 Å². The number of hydrogen-bond acceptors (Lipinski definition) is 4. The highest BCUT2D eigenvalue weighted by Crippen LogP contribution is 2.29. The maximum absolute atomic E-state index is 12.6. The molecular formula is C24H23N5O2. The number of H-pyrrole nitrogens is 1. The van der Waals surface area contributed by atoms with Crippen molar-refractivity contribution in [2.24, 2.45) is 0 Å². The highest BCUT2D eigenvalue weighted by molar-refractivity contribution is 5.95. The van der Waals surface area contributed by atoms with Gasteiger partial charge >= 0.3 is 0 Å². The number of aromatic nitrogens is 5. The zero-order chi connectivity index (χ0) is 21.5. The molecule has 0 aliphatic heterocycles. The third-order valence-corrected chi connectivity index (χ3v) is 5.74. The molecule has 5 rings (SSSR count). The fraction of sp³-hybridized carbons (Fsp3) is 0.208. The zero-order valence-corrected chi connectivity index (χ0v) is 17.7. The number of ether oxygens (including phenoxy) is 1. The molecule has 0 aliphatic rings. The summed E-state index contributed by atoms with van der Waals surface area (Å²) in [6.45, 7) is 5.25. The zero-order valence-electron chi connectivity index (χ0n) is 17.7. The molecule has 0 saturated carbocycles. The molecule has 156 valence electrons. The summed E-state index contributed by atoms with van der Waals surface area (Å²) in [7, 11) is 1.67. The van der Waals surface area contributed by atoms with Crippen LogP contribution in [0.2, 0.25) is 0 Å². The summed E-state index contributed by atoms with van der Waals surface area (Å²) in [5, 5.41) is 0.897. The van der Waals surface area contributed by atoms with Crippen LogP contribution in [0.15, 0.2) is 59.8 Å². The molecule has 0 fully saturated rings. The number of imidazole rings is 1. The van der Waals surface area contributed by atoms with Gasteiger partial charge in [0.05, 0.1) is 12.6 Å². The minimum Gasteiger partial charge on any atom is -0.497 e. The SMILES string of the molecule is CCn1cc(-c2cnc3nc(C)n(Cc4ccc(OC)cc4)c3c2)c2cc[nH]c2c1=O. The van der Waals surface area contributed by atoms with Crippen LogP contribution in [0, 0.1) is 6.92 Å². The summed E-state index contributed by atoms with van der Waals surface area (Å²) < 4.78 is 9.15. The molecular weight excluding hydrogens is 390 g/mol. The van der Waals surface area contributed by atoms with Crippen molar-refractivity contribution in [2.75, 3.05) is 7.11 Å². The average Bonchev–Trinajstić information content (AvgIpc) is 3.40. The van der Waals surface area contributed by atoms with Crippen LogP contribution in [0.25, 0.3) is 33.2 Å². The Balaban J connectivity index is 1.65. The van der Waals surface area contributed by atoms with Crippen molar-refractivity contribution < 1.29 is 4.74 Å². The summed E-state index contributed by atoms with van der Waals surface area (Å²) in [5.74, 6) is 1.74. The van der Waals surface area contributed by atoms with E-state index in [4.69, 9.17) is 4.74 Å². The van der Waals surface area contributed by atoms with Gasteiger partial charge < -0.3 is 18.9 Å². The van der Waals surface area contributed by atoms with Crippen LogP contribution in [0.1, 0.15) is 18.3 Å². The fourth-order valence-electron chi connectivity index (χ4n) is 4.04. The molecule has 0 unspecified atom stereocenters. The molecule has 0 radical (unpaired) electrons. The van der Waals surface area contributed by atoms with Crippen molar-refractivity contribution in [1.82, 2.24) is 24.1 Å². The Morgan fingerprint density at radius 1 is 1.16 bits per heavy atom. The van der Waals surface area contributed by atoms with Gasteiger partial charge in [-0.2, -0.15) is 0 Å². The second kappa shape index (κ2) is 7.43. The van der Waals surface area contributed by atoms with Crippen molar-refractivity contribution in [2.45, 2.75) is 26.9 Å². The van der Waals surface area contributed by atoms with Crippen LogP contribution in [0.4, 0.5) is 0 Å². The lowest BCUT2D eigenvalue weighted by Crippen LogP contribution is -2.19. The number of pyridine rings is 2. The Hall–Kier alpha value is -3.87. The number of nitrogens with one attached hydrogen (secondary N) is 1. The maximum atomic E-state index is 12.6. The van der Waals surface area contributed by atoms with Crippen molar-refractivity contribution in [1.29, 1.82) is 0 Å². The predicted octanol–water partition coefficient (Wildman–Crippen LogP) is 4.13. The Bertz CT molecular complexity index is 1460. The van der Waals surface area contributed by atoms with Gasteiger partial charge in [0.2, 0.25) is 0 Å². The van der Waals surface area contributed by atoms with Crippen molar-refractivity contribution >= 4 is 22.1 Å². The Morgan fingerprint density at radius 3 is 2.71 bits per heavy atom. The molecule has 0 bridgehead atoms. The van der Waals surface area contributed by atoms with E-state index in [1.54, 1.807) is 17.9 Å². The molecule has 0 aliphatic carbocycles. The number of nitrogens with zero attached hydrogens (tertiary/aromatic N) is 4. The van der Waals surface area contributed by atoms with Crippen LogP contribution in [-0.4, -0.2) is 31.2 Å². The number of benzene rings is 1. The molecule has 1 aromatic carbocycles. The molecule has 0 atom stereocenters. The van der Waals surface area contributed by atoms with Gasteiger partial charge in [-0.05, 0) is 43.7 Å². The van der Waals surface area contributed by atoms with E-state index in [1.165, 1.54) is 0 Å². The van der Waals surface area contributed by atoms with E-state index in [9.17, 15) is 4.79 Å². The standard InChI is InChI=1S/C24H23N5O2/c1-4-28-14-20(19-9-10-25-22(19)24(28)30)17-11-21-23(26-12-17)27-15(2)29(21)13-16-5-7-18(31-3)8-6-16/h5-12,14,25H,4,13H2,1-3H3. The third kappa shape index (κ3) is 3.18. The van der Waals surface area contributed by atoms with Crippen LogP contribution in [0.5, 0.6) is 5.75 Å². The second-order valence-electron chi connectivity index (χ2n) is 7.56. The molecule has 1 N–H and O–H groups in total. The lowest BCUT2D eigenvalue weighted by molar-refractivity contribution is 0.414.